The molecular weight excluding hydrogens is 120 g/mol. The SMILES string of the molecule is C[C@@H]1CSC[C@@]1(C)O. The fourth-order valence-corrected chi connectivity index (χ4v) is 2.29. The highest BCUT2D eigenvalue weighted by Gasteiger charge is 2.33. The van der Waals surface area contributed by atoms with E-state index in [9.17, 15) is 5.11 Å². The molecule has 0 aromatic carbocycles. The molecule has 0 aromatic rings. The molecule has 0 aliphatic carbocycles. The van der Waals surface area contributed by atoms with Crippen molar-refractivity contribution >= 4 is 11.8 Å². The molecule has 0 aromatic heterocycles. The maximum atomic E-state index is 9.44. The van der Waals surface area contributed by atoms with Crippen molar-refractivity contribution in [2.75, 3.05) is 11.5 Å². The molecule has 2 atom stereocenters. The van der Waals surface area contributed by atoms with Crippen molar-refractivity contribution in [1.82, 2.24) is 0 Å². The molecule has 1 aliphatic heterocycles. The van der Waals surface area contributed by atoms with Gasteiger partial charge >= 0.3 is 0 Å². The van der Waals surface area contributed by atoms with E-state index in [4.69, 9.17) is 0 Å². The Morgan fingerprint density at radius 2 is 2.38 bits per heavy atom. The number of rotatable bonds is 0. The monoisotopic (exact) mass is 132 g/mol. The van der Waals surface area contributed by atoms with Gasteiger partial charge in [-0.25, -0.2) is 0 Å². The first-order chi connectivity index (χ1) is 3.63. The Labute approximate surface area is 54.5 Å². The maximum Gasteiger partial charge on any atom is 0.0743 e. The molecule has 1 nitrogen and oxygen atoms in total. The summed E-state index contributed by atoms with van der Waals surface area (Å²) in [6.45, 7) is 4.01. The molecule has 1 N–H and O–H groups in total. The Morgan fingerprint density at radius 1 is 1.75 bits per heavy atom. The number of thioether (sulfide) groups is 1. The van der Waals surface area contributed by atoms with Crippen LogP contribution < -0.4 is 0 Å². The molecule has 1 aliphatic rings. The van der Waals surface area contributed by atoms with Gasteiger partial charge in [0, 0.05) is 5.75 Å². The van der Waals surface area contributed by atoms with Crippen LogP contribution in [0, 0.1) is 5.92 Å². The minimum atomic E-state index is -0.384. The summed E-state index contributed by atoms with van der Waals surface area (Å²) in [5, 5.41) is 9.44. The summed E-state index contributed by atoms with van der Waals surface area (Å²) >= 11 is 1.84. The Balaban J connectivity index is 2.54. The van der Waals surface area contributed by atoms with Gasteiger partial charge in [0.2, 0.25) is 0 Å². The topological polar surface area (TPSA) is 20.2 Å². The van der Waals surface area contributed by atoms with Crippen LogP contribution in [0.1, 0.15) is 13.8 Å². The summed E-state index contributed by atoms with van der Waals surface area (Å²) in [6, 6.07) is 0. The van der Waals surface area contributed by atoms with Gasteiger partial charge < -0.3 is 5.11 Å². The summed E-state index contributed by atoms with van der Waals surface area (Å²) < 4.78 is 0. The standard InChI is InChI=1S/C6H12OS/c1-5-3-8-4-6(5,2)7/h5,7H,3-4H2,1-2H3/t5-,6-/m1/s1. The third-order valence-electron chi connectivity index (χ3n) is 1.82. The number of aliphatic hydroxyl groups is 1. The van der Waals surface area contributed by atoms with Gasteiger partial charge in [-0.1, -0.05) is 6.92 Å². The first kappa shape index (κ1) is 6.43. The van der Waals surface area contributed by atoms with Gasteiger partial charge in [0.25, 0.3) is 0 Å². The van der Waals surface area contributed by atoms with E-state index in [1.54, 1.807) is 0 Å². The predicted molar refractivity (Wildman–Crippen MR) is 37.1 cm³/mol. The average molecular weight is 132 g/mol. The Bertz CT molecular complexity index is 90.5. The third-order valence-corrected chi connectivity index (χ3v) is 3.35. The lowest BCUT2D eigenvalue weighted by atomic mass is 9.95. The molecule has 0 saturated carbocycles. The van der Waals surface area contributed by atoms with Crippen LogP contribution in [0.15, 0.2) is 0 Å². The van der Waals surface area contributed by atoms with Crippen LogP contribution in [0.2, 0.25) is 0 Å². The number of hydrogen-bond donors (Lipinski definition) is 1. The molecule has 1 rings (SSSR count). The highest BCUT2D eigenvalue weighted by atomic mass is 32.2. The minimum absolute atomic E-state index is 0.384. The Morgan fingerprint density at radius 3 is 2.50 bits per heavy atom. The van der Waals surface area contributed by atoms with Crippen molar-refractivity contribution in [3.8, 4) is 0 Å². The van der Waals surface area contributed by atoms with Crippen molar-refractivity contribution in [2.24, 2.45) is 5.92 Å². The van der Waals surface area contributed by atoms with Crippen LogP contribution in [0.25, 0.3) is 0 Å². The third kappa shape index (κ3) is 1.00. The van der Waals surface area contributed by atoms with Gasteiger partial charge in [-0.15, -0.1) is 0 Å². The average Bonchev–Trinajstić information content (AvgIpc) is 1.86. The van der Waals surface area contributed by atoms with E-state index in [0.717, 1.165) is 11.5 Å². The zero-order chi connectivity index (χ0) is 6.20. The molecular formula is C6H12OS. The van der Waals surface area contributed by atoms with Gasteiger partial charge in [-0.2, -0.15) is 11.8 Å². The van der Waals surface area contributed by atoms with Crippen molar-refractivity contribution in [1.29, 1.82) is 0 Å². The second kappa shape index (κ2) is 1.92. The van der Waals surface area contributed by atoms with E-state index in [1.165, 1.54) is 0 Å². The van der Waals surface area contributed by atoms with Crippen LogP contribution >= 0.6 is 11.8 Å². The lowest BCUT2D eigenvalue weighted by molar-refractivity contribution is 0.0469. The fraction of sp³-hybridized carbons (Fsp3) is 1.00. The van der Waals surface area contributed by atoms with Gasteiger partial charge in [0.05, 0.1) is 5.60 Å². The van der Waals surface area contributed by atoms with Crippen molar-refractivity contribution in [3.05, 3.63) is 0 Å². The molecule has 2 heteroatoms. The van der Waals surface area contributed by atoms with Crippen LogP contribution in [-0.4, -0.2) is 22.2 Å². The lowest BCUT2D eigenvalue weighted by Crippen LogP contribution is -2.30. The summed E-state index contributed by atoms with van der Waals surface area (Å²) in [5.41, 5.74) is -0.384. The second-order valence-corrected chi connectivity index (χ2v) is 3.80. The van der Waals surface area contributed by atoms with Crippen molar-refractivity contribution < 1.29 is 5.11 Å². The lowest BCUT2D eigenvalue weighted by Gasteiger charge is -2.19. The van der Waals surface area contributed by atoms with Crippen LogP contribution in [0.5, 0.6) is 0 Å². The van der Waals surface area contributed by atoms with Gasteiger partial charge in [0.15, 0.2) is 0 Å². The molecule has 1 saturated heterocycles. The molecule has 0 spiro atoms. The Kier molecular flexibility index (Phi) is 1.54. The summed E-state index contributed by atoms with van der Waals surface area (Å²) in [7, 11) is 0. The summed E-state index contributed by atoms with van der Waals surface area (Å²) in [5.74, 6) is 2.51. The first-order valence-electron chi connectivity index (χ1n) is 2.93. The fourth-order valence-electron chi connectivity index (χ4n) is 0.764. The van der Waals surface area contributed by atoms with Gasteiger partial charge in [0.1, 0.15) is 0 Å². The predicted octanol–water partition coefficient (Wildman–Crippen LogP) is 1.12. The molecule has 0 amide bonds. The summed E-state index contributed by atoms with van der Waals surface area (Å²) in [6.07, 6.45) is 0. The molecule has 8 heavy (non-hydrogen) atoms. The van der Waals surface area contributed by atoms with E-state index in [1.807, 2.05) is 18.7 Å². The van der Waals surface area contributed by atoms with Crippen molar-refractivity contribution in [3.63, 3.8) is 0 Å². The van der Waals surface area contributed by atoms with E-state index in [2.05, 4.69) is 6.92 Å². The summed E-state index contributed by atoms with van der Waals surface area (Å²) in [4.78, 5) is 0. The van der Waals surface area contributed by atoms with Crippen LogP contribution in [0.3, 0.4) is 0 Å². The molecule has 1 heterocycles. The normalized spacial score (nSPS) is 47.6. The van der Waals surface area contributed by atoms with Crippen molar-refractivity contribution in [2.45, 2.75) is 19.4 Å². The minimum Gasteiger partial charge on any atom is -0.389 e. The van der Waals surface area contributed by atoms with E-state index >= 15 is 0 Å². The smallest absolute Gasteiger partial charge is 0.0743 e. The highest BCUT2D eigenvalue weighted by molar-refractivity contribution is 7.99. The molecule has 1 fully saturated rings. The van der Waals surface area contributed by atoms with E-state index in [-0.39, 0.29) is 5.60 Å². The molecule has 0 bridgehead atoms. The van der Waals surface area contributed by atoms with E-state index < -0.39 is 0 Å². The second-order valence-electron chi connectivity index (χ2n) is 2.77. The first-order valence-corrected chi connectivity index (χ1v) is 4.08. The van der Waals surface area contributed by atoms with Crippen LogP contribution in [-0.2, 0) is 0 Å². The quantitative estimate of drug-likeness (QED) is 0.533. The molecule has 48 valence electrons. The van der Waals surface area contributed by atoms with Gasteiger partial charge in [-0.05, 0) is 18.6 Å². The maximum absolute atomic E-state index is 9.44. The molecule has 0 radical (unpaired) electrons. The number of hydrogen-bond acceptors (Lipinski definition) is 2. The zero-order valence-electron chi connectivity index (χ0n) is 5.35. The van der Waals surface area contributed by atoms with Gasteiger partial charge in [-0.3, -0.25) is 0 Å². The van der Waals surface area contributed by atoms with Crippen LogP contribution in [0.4, 0.5) is 0 Å². The largest absolute Gasteiger partial charge is 0.389 e. The van der Waals surface area contributed by atoms with E-state index in [0.29, 0.717) is 5.92 Å². The Hall–Kier alpha value is 0.310. The zero-order valence-corrected chi connectivity index (χ0v) is 6.16. The molecule has 0 unspecified atom stereocenters. The highest BCUT2D eigenvalue weighted by Crippen LogP contribution is 2.32.